The van der Waals surface area contributed by atoms with Crippen LogP contribution >= 0.6 is 0 Å². The van der Waals surface area contributed by atoms with Crippen molar-refractivity contribution in [2.75, 3.05) is 0 Å². The maximum absolute atomic E-state index is 16.4. The van der Waals surface area contributed by atoms with Gasteiger partial charge in [0.2, 0.25) is 0 Å². The van der Waals surface area contributed by atoms with Crippen LogP contribution in [0.3, 0.4) is 0 Å². The van der Waals surface area contributed by atoms with E-state index in [1.165, 1.54) is 18.2 Å². The zero-order valence-electron chi connectivity index (χ0n) is 31.4. The van der Waals surface area contributed by atoms with E-state index in [0.29, 0.717) is 22.1 Å². The van der Waals surface area contributed by atoms with Gasteiger partial charge in [0.15, 0.2) is 0 Å². The average molecular weight is 769 g/mol. The lowest BCUT2D eigenvalue weighted by atomic mass is 9.98. The molecule has 0 amide bonds. The summed E-state index contributed by atoms with van der Waals surface area (Å²) in [6.45, 7) is 3.98. The predicted octanol–water partition coefficient (Wildman–Crippen LogP) is 14.8. The molecule has 7 heteroatoms. The third-order valence-corrected chi connectivity index (χ3v) is 11.2. The Kier molecular flexibility index (Phi) is 8.13. The van der Waals surface area contributed by atoms with Crippen molar-refractivity contribution in [2.24, 2.45) is 0 Å². The number of hydrogen-bond acceptors (Lipinski definition) is 0. The van der Waals surface area contributed by atoms with Gasteiger partial charge < -0.3 is 9.13 Å². The SMILES string of the molecule is Cc1cccc(-c2ccc3c4ccccc4n(-c4cc(-c5c(F)cccc5F)cc(-n5c6ccccc6c6ccc(-c7cccc(C)c7)cc65)c4C(F)(F)F)c3c2)c1. The average Bonchev–Trinajstić information content (AvgIpc) is 3.72. The Morgan fingerprint density at radius 2 is 0.793 bits per heavy atom. The third-order valence-electron chi connectivity index (χ3n) is 11.2. The summed E-state index contributed by atoms with van der Waals surface area (Å²) in [4.78, 5) is 0. The Bertz CT molecular complexity index is 3070. The zero-order valence-corrected chi connectivity index (χ0v) is 31.4. The first-order valence-corrected chi connectivity index (χ1v) is 19.0. The smallest absolute Gasteiger partial charge is 0.309 e. The number of aryl methyl sites for hydroxylation is 2. The van der Waals surface area contributed by atoms with Gasteiger partial charge in [-0.3, -0.25) is 0 Å². The van der Waals surface area contributed by atoms with Crippen LogP contribution in [0.5, 0.6) is 0 Å². The molecule has 0 atom stereocenters. The van der Waals surface area contributed by atoms with Crippen LogP contribution < -0.4 is 0 Å². The normalized spacial score (nSPS) is 12.1. The van der Waals surface area contributed by atoms with Crippen LogP contribution in [0.4, 0.5) is 22.0 Å². The Labute approximate surface area is 330 Å². The third kappa shape index (κ3) is 5.68. The number of hydrogen-bond donors (Lipinski definition) is 0. The molecule has 0 saturated heterocycles. The Morgan fingerprint density at radius 3 is 1.24 bits per heavy atom. The van der Waals surface area contributed by atoms with E-state index in [1.807, 2.05) is 123 Å². The fourth-order valence-electron chi connectivity index (χ4n) is 8.64. The molecule has 10 rings (SSSR count). The van der Waals surface area contributed by atoms with Crippen LogP contribution in [0, 0.1) is 25.5 Å². The lowest BCUT2D eigenvalue weighted by Crippen LogP contribution is -2.16. The summed E-state index contributed by atoms with van der Waals surface area (Å²) in [6, 6.07) is 48.1. The van der Waals surface area contributed by atoms with E-state index in [-0.39, 0.29) is 16.9 Å². The summed E-state index contributed by atoms with van der Waals surface area (Å²) in [7, 11) is 0. The molecule has 282 valence electrons. The van der Waals surface area contributed by atoms with Crippen LogP contribution in [0.1, 0.15) is 16.7 Å². The largest absolute Gasteiger partial charge is 0.420 e. The fourth-order valence-corrected chi connectivity index (χ4v) is 8.64. The second-order valence-corrected chi connectivity index (χ2v) is 14.9. The van der Waals surface area contributed by atoms with Crippen molar-refractivity contribution in [2.45, 2.75) is 20.0 Å². The predicted molar refractivity (Wildman–Crippen MR) is 226 cm³/mol. The maximum atomic E-state index is 16.4. The monoisotopic (exact) mass is 768 g/mol. The second kappa shape index (κ2) is 13.3. The van der Waals surface area contributed by atoms with Gasteiger partial charge in [0.05, 0.1) is 39.0 Å². The highest BCUT2D eigenvalue weighted by atomic mass is 19.4. The zero-order chi connectivity index (χ0) is 39.9. The molecule has 2 heterocycles. The molecule has 0 radical (unpaired) electrons. The van der Waals surface area contributed by atoms with Crippen molar-refractivity contribution in [1.29, 1.82) is 0 Å². The molecule has 2 aromatic heterocycles. The topological polar surface area (TPSA) is 9.86 Å². The number of aromatic nitrogens is 2. The van der Waals surface area contributed by atoms with Crippen molar-refractivity contribution in [3.8, 4) is 44.8 Å². The summed E-state index contributed by atoms with van der Waals surface area (Å²) >= 11 is 0. The molecule has 0 bridgehead atoms. The number of rotatable bonds is 5. The van der Waals surface area contributed by atoms with Crippen molar-refractivity contribution in [3.63, 3.8) is 0 Å². The number of alkyl halides is 3. The van der Waals surface area contributed by atoms with Gasteiger partial charge in [0.25, 0.3) is 0 Å². The molecule has 0 unspecified atom stereocenters. The van der Waals surface area contributed by atoms with E-state index >= 15 is 22.0 Å². The molecule has 0 fully saturated rings. The van der Waals surface area contributed by atoms with Crippen LogP contribution in [0.2, 0.25) is 0 Å². The van der Waals surface area contributed by atoms with E-state index < -0.39 is 28.9 Å². The van der Waals surface area contributed by atoms with Crippen molar-refractivity contribution in [1.82, 2.24) is 9.13 Å². The van der Waals surface area contributed by atoms with Crippen LogP contribution in [-0.4, -0.2) is 9.13 Å². The summed E-state index contributed by atoms with van der Waals surface area (Å²) in [6.07, 6.45) is -4.94. The first kappa shape index (κ1) is 35.4. The number of fused-ring (bicyclic) bond motifs is 6. The number of para-hydroxylation sites is 2. The molecular weight excluding hydrogens is 736 g/mol. The standard InChI is InChI=1S/C51H33F5N2/c1-30-10-7-12-32(24-30)34-20-22-39-37-14-3-5-18-43(37)57(45(39)26-34)47-28-36(49-41(52)16-9-17-42(49)53)29-48(50(47)51(54,55)56)58-44-19-6-4-15-38(44)40-23-21-35(27-46(40)58)33-13-8-11-31(2)25-33/h3-29H,1-2H3. The first-order chi connectivity index (χ1) is 28.0. The Balaban J connectivity index is 1.39. The molecular formula is C51H33F5N2. The Hall–Kier alpha value is -6.99. The highest BCUT2D eigenvalue weighted by Crippen LogP contribution is 2.47. The molecule has 58 heavy (non-hydrogen) atoms. The molecule has 2 nitrogen and oxygen atoms in total. The number of benzene rings is 8. The van der Waals surface area contributed by atoms with Gasteiger partial charge in [0.1, 0.15) is 17.2 Å². The van der Waals surface area contributed by atoms with Crippen LogP contribution in [0.25, 0.3) is 88.4 Å². The van der Waals surface area contributed by atoms with Gasteiger partial charge in [-0.1, -0.05) is 126 Å². The van der Waals surface area contributed by atoms with Gasteiger partial charge >= 0.3 is 6.18 Å². The quantitative estimate of drug-likeness (QED) is 0.154. The minimum absolute atomic E-state index is 0.0323. The Morgan fingerprint density at radius 1 is 0.379 bits per heavy atom. The fraction of sp³-hybridized carbons (Fsp3) is 0.0588. The molecule has 0 spiro atoms. The second-order valence-electron chi connectivity index (χ2n) is 14.9. The minimum Gasteiger partial charge on any atom is -0.309 e. The summed E-state index contributed by atoms with van der Waals surface area (Å²) in [5, 5.41) is 2.96. The van der Waals surface area contributed by atoms with Gasteiger partial charge in [-0.05, 0) is 90.2 Å². The van der Waals surface area contributed by atoms with Crippen molar-refractivity contribution >= 4 is 43.6 Å². The van der Waals surface area contributed by atoms with E-state index in [9.17, 15) is 0 Å². The van der Waals surface area contributed by atoms with Gasteiger partial charge in [-0.25, -0.2) is 8.78 Å². The molecule has 8 aromatic carbocycles. The van der Waals surface area contributed by atoms with Crippen molar-refractivity contribution in [3.05, 3.63) is 192 Å². The lowest BCUT2D eigenvalue weighted by molar-refractivity contribution is -0.137. The number of nitrogens with zero attached hydrogens (tertiary/aromatic N) is 2. The highest BCUT2D eigenvalue weighted by molar-refractivity contribution is 6.12. The van der Waals surface area contributed by atoms with E-state index in [4.69, 9.17) is 0 Å². The van der Waals surface area contributed by atoms with E-state index in [2.05, 4.69) is 0 Å². The highest BCUT2D eigenvalue weighted by Gasteiger charge is 2.40. The van der Waals surface area contributed by atoms with Crippen LogP contribution in [0.15, 0.2) is 164 Å². The van der Waals surface area contributed by atoms with Gasteiger partial charge in [0, 0.05) is 21.5 Å². The molecule has 0 aliphatic heterocycles. The molecule has 0 N–H and O–H groups in total. The van der Waals surface area contributed by atoms with Crippen LogP contribution in [-0.2, 0) is 6.18 Å². The molecule has 0 aliphatic carbocycles. The number of halogens is 5. The van der Waals surface area contributed by atoms with Gasteiger partial charge in [-0.15, -0.1) is 0 Å². The summed E-state index contributed by atoms with van der Waals surface area (Å²) in [5.74, 6) is -1.77. The maximum Gasteiger partial charge on any atom is 0.420 e. The minimum atomic E-state index is -4.94. The van der Waals surface area contributed by atoms with E-state index in [1.54, 1.807) is 33.4 Å². The summed E-state index contributed by atoms with van der Waals surface area (Å²) in [5.41, 5.74) is 5.71. The van der Waals surface area contributed by atoms with Crippen molar-refractivity contribution < 1.29 is 22.0 Å². The molecule has 0 aliphatic rings. The summed E-state index contributed by atoms with van der Waals surface area (Å²) < 4.78 is 84.2. The first-order valence-electron chi connectivity index (χ1n) is 19.0. The van der Waals surface area contributed by atoms with E-state index in [0.717, 1.165) is 67.1 Å². The molecule has 10 aromatic rings. The lowest BCUT2D eigenvalue weighted by Gasteiger charge is -2.23. The van der Waals surface area contributed by atoms with Gasteiger partial charge in [-0.2, -0.15) is 13.2 Å². The molecule has 0 saturated carbocycles.